The van der Waals surface area contributed by atoms with Gasteiger partial charge in [0, 0.05) is 22.2 Å². The minimum Gasteiger partial charge on any atom is -0.490 e. The highest BCUT2D eigenvalue weighted by molar-refractivity contribution is 14.1. The van der Waals surface area contributed by atoms with E-state index >= 15 is 0 Å². The van der Waals surface area contributed by atoms with Crippen LogP contribution in [0.5, 0.6) is 11.5 Å². The van der Waals surface area contributed by atoms with E-state index in [0.717, 1.165) is 19.2 Å². The molecule has 3 aromatic rings. The van der Waals surface area contributed by atoms with Crippen molar-refractivity contribution in [2.75, 3.05) is 6.61 Å². The van der Waals surface area contributed by atoms with Crippen LogP contribution in [0.1, 0.15) is 28.4 Å². The minimum absolute atomic E-state index is 0.0270. The molecule has 170 valence electrons. The maximum absolute atomic E-state index is 12.2. The lowest BCUT2D eigenvalue weighted by atomic mass is 10.2. The van der Waals surface area contributed by atoms with Crippen molar-refractivity contribution in [2.24, 2.45) is 5.10 Å². The Morgan fingerprint density at radius 3 is 2.48 bits per heavy atom. The molecule has 0 unspecified atom stereocenters. The van der Waals surface area contributed by atoms with Crippen LogP contribution in [0.2, 0.25) is 0 Å². The SMILES string of the molecule is CCOc1cc(/C=N\NC(=O)c2ccc(Br)cc2)cc(I)c1OCc1ccc([N+](=O)[O-])cc1. The summed E-state index contributed by atoms with van der Waals surface area (Å²) < 4.78 is 13.4. The molecule has 0 bridgehead atoms. The summed E-state index contributed by atoms with van der Waals surface area (Å²) >= 11 is 5.47. The number of hydrazone groups is 1. The van der Waals surface area contributed by atoms with Crippen LogP contribution in [0.4, 0.5) is 5.69 Å². The summed E-state index contributed by atoms with van der Waals surface area (Å²) in [5, 5.41) is 14.8. The summed E-state index contributed by atoms with van der Waals surface area (Å²) in [6.07, 6.45) is 1.53. The van der Waals surface area contributed by atoms with Gasteiger partial charge in [-0.1, -0.05) is 15.9 Å². The number of nitro benzene ring substituents is 1. The highest BCUT2D eigenvalue weighted by Gasteiger charge is 2.13. The van der Waals surface area contributed by atoms with E-state index in [1.807, 2.05) is 13.0 Å². The van der Waals surface area contributed by atoms with E-state index in [9.17, 15) is 14.9 Å². The van der Waals surface area contributed by atoms with Gasteiger partial charge in [0.1, 0.15) is 6.61 Å². The third-order valence-corrected chi connectivity index (χ3v) is 5.68. The molecule has 10 heteroatoms. The van der Waals surface area contributed by atoms with Crippen LogP contribution in [-0.2, 0) is 6.61 Å². The second-order valence-electron chi connectivity index (χ2n) is 6.68. The van der Waals surface area contributed by atoms with E-state index in [-0.39, 0.29) is 18.2 Å². The number of carbonyl (C=O) groups is 1. The number of halogens is 2. The fraction of sp³-hybridized carbons (Fsp3) is 0.130. The molecule has 0 spiro atoms. The topological polar surface area (TPSA) is 103 Å². The Morgan fingerprint density at radius 1 is 1.15 bits per heavy atom. The third-order valence-electron chi connectivity index (χ3n) is 4.35. The predicted molar refractivity (Wildman–Crippen MR) is 137 cm³/mol. The van der Waals surface area contributed by atoms with Gasteiger partial charge in [-0.25, -0.2) is 5.43 Å². The van der Waals surface area contributed by atoms with Crippen molar-refractivity contribution in [1.82, 2.24) is 5.43 Å². The zero-order valence-corrected chi connectivity index (χ0v) is 21.2. The molecule has 1 N–H and O–H groups in total. The normalized spacial score (nSPS) is 10.8. The van der Waals surface area contributed by atoms with Crippen LogP contribution in [0.15, 0.2) is 70.2 Å². The van der Waals surface area contributed by atoms with Crippen molar-refractivity contribution < 1.29 is 19.2 Å². The Morgan fingerprint density at radius 2 is 1.85 bits per heavy atom. The Kier molecular flexibility index (Phi) is 8.78. The second kappa shape index (κ2) is 11.8. The highest BCUT2D eigenvalue weighted by atomic mass is 127. The molecule has 0 aliphatic rings. The van der Waals surface area contributed by atoms with E-state index in [1.54, 1.807) is 42.5 Å². The zero-order valence-electron chi connectivity index (χ0n) is 17.5. The number of non-ortho nitro benzene ring substituents is 1. The average Bonchev–Trinajstić information content (AvgIpc) is 2.79. The van der Waals surface area contributed by atoms with Crippen molar-refractivity contribution in [3.05, 3.63) is 95.5 Å². The molecule has 0 saturated heterocycles. The van der Waals surface area contributed by atoms with E-state index in [0.29, 0.717) is 23.7 Å². The number of benzene rings is 3. The zero-order chi connectivity index (χ0) is 23.8. The number of rotatable bonds is 9. The summed E-state index contributed by atoms with van der Waals surface area (Å²) in [6, 6.07) is 16.8. The van der Waals surface area contributed by atoms with Crippen molar-refractivity contribution >= 4 is 56.3 Å². The van der Waals surface area contributed by atoms with Crippen LogP contribution in [0, 0.1) is 13.7 Å². The van der Waals surface area contributed by atoms with E-state index in [4.69, 9.17) is 9.47 Å². The summed E-state index contributed by atoms with van der Waals surface area (Å²) in [5.41, 5.74) is 4.54. The number of nitrogens with zero attached hydrogens (tertiary/aromatic N) is 2. The first-order valence-electron chi connectivity index (χ1n) is 9.79. The van der Waals surface area contributed by atoms with Gasteiger partial charge in [0.15, 0.2) is 11.5 Å². The molecule has 0 saturated carbocycles. The van der Waals surface area contributed by atoms with E-state index < -0.39 is 4.92 Å². The number of amides is 1. The van der Waals surface area contributed by atoms with Crippen LogP contribution in [0.3, 0.4) is 0 Å². The Balaban J connectivity index is 1.70. The largest absolute Gasteiger partial charge is 0.490 e. The molecule has 3 aromatic carbocycles. The molecular weight excluding hydrogens is 605 g/mol. The molecule has 0 aliphatic heterocycles. The quantitative estimate of drug-likeness (QED) is 0.142. The van der Waals surface area contributed by atoms with Gasteiger partial charge in [-0.2, -0.15) is 5.10 Å². The van der Waals surface area contributed by atoms with Gasteiger partial charge in [0.2, 0.25) is 0 Å². The Labute approximate surface area is 212 Å². The number of hydrogen-bond acceptors (Lipinski definition) is 6. The van der Waals surface area contributed by atoms with Gasteiger partial charge in [0.25, 0.3) is 11.6 Å². The maximum Gasteiger partial charge on any atom is 0.271 e. The molecule has 0 heterocycles. The van der Waals surface area contributed by atoms with Crippen molar-refractivity contribution in [3.63, 3.8) is 0 Å². The molecule has 0 atom stereocenters. The highest BCUT2D eigenvalue weighted by Crippen LogP contribution is 2.34. The lowest BCUT2D eigenvalue weighted by Crippen LogP contribution is -2.17. The molecule has 0 radical (unpaired) electrons. The Bertz CT molecular complexity index is 1170. The summed E-state index contributed by atoms with van der Waals surface area (Å²) in [5.74, 6) is 0.778. The van der Waals surface area contributed by atoms with Gasteiger partial charge in [0.05, 0.1) is 21.3 Å². The Hall–Kier alpha value is -2.99. The van der Waals surface area contributed by atoms with Crippen molar-refractivity contribution in [1.29, 1.82) is 0 Å². The molecule has 1 amide bonds. The fourth-order valence-corrected chi connectivity index (χ4v) is 3.81. The summed E-state index contributed by atoms with van der Waals surface area (Å²) in [6.45, 7) is 2.53. The first kappa shape index (κ1) is 24.6. The van der Waals surface area contributed by atoms with Gasteiger partial charge >= 0.3 is 0 Å². The molecule has 0 aromatic heterocycles. The van der Waals surface area contributed by atoms with Crippen LogP contribution < -0.4 is 14.9 Å². The molecule has 8 nitrogen and oxygen atoms in total. The van der Waals surface area contributed by atoms with E-state index in [2.05, 4.69) is 49.0 Å². The average molecular weight is 624 g/mol. The van der Waals surface area contributed by atoms with Crippen LogP contribution in [0.25, 0.3) is 0 Å². The smallest absolute Gasteiger partial charge is 0.271 e. The van der Waals surface area contributed by atoms with Gasteiger partial charge in [-0.05, 0) is 89.2 Å². The van der Waals surface area contributed by atoms with Crippen LogP contribution >= 0.6 is 38.5 Å². The summed E-state index contributed by atoms with van der Waals surface area (Å²) in [7, 11) is 0. The molecule has 0 fully saturated rings. The van der Waals surface area contributed by atoms with Gasteiger partial charge in [-0.15, -0.1) is 0 Å². The molecule has 33 heavy (non-hydrogen) atoms. The second-order valence-corrected chi connectivity index (χ2v) is 8.76. The molecular formula is C23H19BrIN3O5. The molecule has 3 rings (SSSR count). The van der Waals surface area contributed by atoms with Gasteiger partial charge < -0.3 is 9.47 Å². The number of nitrogens with one attached hydrogen (secondary N) is 1. The number of hydrogen-bond donors (Lipinski definition) is 1. The van der Waals surface area contributed by atoms with E-state index in [1.165, 1.54) is 18.3 Å². The van der Waals surface area contributed by atoms with Crippen molar-refractivity contribution in [3.8, 4) is 11.5 Å². The number of ether oxygens (including phenoxy) is 2. The van der Waals surface area contributed by atoms with Crippen molar-refractivity contribution in [2.45, 2.75) is 13.5 Å². The van der Waals surface area contributed by atoms with Gasteiger partial charge in [-0.3, -0.25) is 14.9 Å². The number of nitro groups is 1. The maximum atomic E-state index is 12.2. The minimum atomic E-state index is -0.442. The number of carbonyl (C=O) groups excluding carboxylic acids is 1. The first-order chi connectivity index (χ1) is 15.9. The predicted octanol–water partition coefficient (Wildman–Crippen LogP) is 5.70. The third kappa shape index (κ3) is 6.99. The summed E-state index contributed by atoms with van der Waals surface area (Å²) in [4.78, 5) is 22.6. The first-order valence-corrected chi connectivity index (χ1v) is 11.7. The lowest BCUT2D eigenvalue weighted by Gasteiger charge is -2.14. The lowest BCUT2D eigenvalue weighted by molar-refractivity contribution is -0.384. The monoisotopic (exact) mass is 623 g/mol. The van der Waals surface area contributed by atoms with Crippen LogP contribution in [-0.4, -0.2) is 23.7 Å². The standard InChI is InChI=1S/C23H19BrIN3O5/c1-2-32-21-12-16(13-26-27-23(29)17-5-7-18(24)8-6-17)11-20(25)22(21)33-14-15-3-9-19(10-4-15)28(30)31/h3-13H,2,14H2,1H3,(H,27,29)/b26-13-. The fourth-order valence-electron chi connectivity index (χ4n) is 2.77. The molecule has 0 aliphatic carbocycles.